The molecule has 1 aromatic carbocycles. The molecule has 96 valence electrons. The quantitative estimate of drug-likeness (QED) is 0.621. The number of rotatable bonds is 7. The van der Waals surface area contributed by atoms with Crippen LogP contribution < -0.4 is 4.72 Å². The lowest BCUT2D eigenvalue weighted by molar-refractivity contribution is 0.576. The maximum Gasteiger partial charge on any atom is 0.242 e. The molecule has 1 rings (SSSR count). The first kappa shape index (κ1) is 14.8. The van der Waals surface area contributed by atoms with Gasteiger partial charge in [-0.1, -0.05) is 30.2 Å². The number of benzene rings is 1. The Hall–Kier alpha value is -0.290. The molecular formula is C11H15Cl2NO2S. The average molecular weight is 296 g/mol. The first-order chi connectivity index (χ1) is 8.08. The lowest BCUT2D eigenvalue weighted by Gasteiger charge is -2.07. The molecule has 0 saturated carbocycles. The van der Waals surface area contributed by atoms with E-state index in [9.17, 15) is 8.42 Å². The van der Waals surface area contributed by atoms with Crippen LogP contribution in [0.1, 0.15) is 19.3 Å². The maximum atomic E-state index is 11.9. The lowest BCUT2D eigenvalue weighted by Crippen LogP contribution is -2.25. The van der Waals surface area contributed by atoms with Gasteiger partial charge in [-0.05, 0) is 25.0 Å². The highest BCUT2D eigenvalue weighted by atomic mass is 35.5. The van der Waals surface area contributed by atoms with Crippen molar-refractivity contribution in [1.29, 1.82) is 0 Å². The van der Waals surface area contributed by atoms with Crippen LogP contribution >= 0.6 is 23.2 Å². The topological polar surface area (TPSA) is 46.2 Å². The average Bonchev–Trinajstić information content (AvgIpc) is 2.29. The molecule has 0 heterocycles. The van der Waals surface area contributed by atoms with Crippen LogP contribution in [0, 0.1) is 0 Å². The van der Waals surface area contributed by atoms with Crippen LogP contribution in [0.25, 0.3) is 0 Å². The van der Waals surface area contributed by atoms with Crippen molar-refractivity contribution < 1.29 is 8.42 Å². The molecule has 0 aliphatic carbocycles. The zero-order valence-corrected chi connectivity index (χ0v) is 11.7. The highest BCUT2D eigenvalue weighted by molar-refractivity contribution is 7.89. The molecule has 0 radical (unpaired) electrons. The van der Waals surface area contributed by atoms with Crippen LogP contribution in [0.2, 0.25) is 5.02 Å². The standard InChI is InChI=1S/C11H15Cl2NO2S/c12-8-4-1-5-9-14-17(15,16)11-7-3-2-6-10(11)13/h2-3,6-7,14H,1,4-5,8-9H2. The molecule has 0 unspecified atom stereocenters. The number of nitrogens with one attached hydrogen (secondary N) is 1. The van der Waals surface area contributed by atoms with E-state index in [0.29, 0.717) is 12.4 Å². The molecule has 17 heavy (non-hydrogen) atoms. The van der Waals surface area contributed by atoms with Crippen molar-refractivity contribution in [2.45, 2.75) is 24.2 Å². The van der Waals surface area contributed by atoms with Gasteiger partial charge in [-0.25, -0.2) is 13.1 Å². The fraction of sp³-hybridized carbons (Fsp3) is 0.455. The largest absolute Gasteiger partial charge is 0.242 e. The van der Waals surface area contributed by atoms with Gasteiger partial charge in [0.2, 0.25) is 10.0 Å². The normalized spacial score (nSPS) is 11.6. The van der Waals surface area contributed by atoms with Gasteiger partial charge in [0.05, 0.1) is 5.02 Å². The van der Waals surface area contributed by atoms with E-state index in [-0.39, 0.29) is 9.92 Å². The third kappa shape index (κ3) is 4.84. The van der Waals surface area contributed by atoms with E-state index >= 15 is 0 Å². The van der Waals surface area contributed by atoms with E-state index in [4.69, 9.17) is 23.2 Å². The first-order valence-electron chi connectivity index (χ1n) is 5.38. The summed E-state index contributed by atoms with van der Waals surface area (Å²) in [7, 11) is -3.49. The van der Waals surface area contributed by atoms with E-state index < -0.39 is 10.0 Å². The van der Waals surface area contributed by atoms with Gasteiger partial charge >= 0.3 is 0 Å². The van der Waals surface area contributed by atoms with Crippen LogP contribution in [-0.4, -0.2) is 20.8 Å². The number of unbranched alkanes of at least 4 members (excludes halogenated alkanes) is 2. The third-order valence-corrected chi connectivity index (χ3v) is 4.46. The van der Waals surface area contributed by atoms with Crippen molar-refractivity contribution in [1.82, 2.24) is 4.72 Å². The fourth-order valence-corrected chi connectivity index (χ4v) is 3.12. The maximum absolute atomic E-state index is 11.9. The molecule has 6 heteroatoms. The summed E-state index contributed by atoms with van der Waals surface area (Å²) in [4.78, 5) is 0.124. The summed E-state index contributed by atoms with van der Waals surface area (Å²) in [6.07, 6.45) is 2.58. The highest BCUT2D eigenvalue weighted by Gasteiger charge is 2.15. The highest BCUT2D eigenvalue weighted by Crippen LogP contribution is 2.19. The van der Waals surface area contributed by atoms with Crippen molar-refractivity contribution >= 4 is 33.2 Å². The zero-order valence-electron chi connectivity index (χ0n) is 9.33. The molecule has 1 N–H and O–H groups in total. The Bertz CT molecular complexity index is 449. The Morgan fingerprint density at radius 1 is 1.12 bits per heavy atom. The number of hydrogen-bond donors (Lipinski definition) is 1. The molecule has 0 spiro atoms. The molecule has 0 aliphatic rings. The van der Waals surface area contributed by atoms with Gasteiger partial charge < -0.3 is 0 Å². The summed E-state index contributed by atoms with van der Waals surface area (Å²) in [5, 5.41) is 0.237. The summed E-state index contributed by atoms with van der Waals surface area (Å²) < 4.78 is 26.2. The second-order valence-corrected chi connectivity index (χ2v) is 6.10. The second kappa shape index (κ2) is 7.21. The summed E-state index contributed by atoms with van der Waals surface area (Å²) in [5.74, 6) is 0.608. The van der Waals surface area contributed by atoms with Crippen molar-refractivity contribution in [3.05, 3.63) is 29.3 Å². The van der Waals surface area contributed by atoms with Gasteiger partial charge in [-0.15, -0.1) is 11.6 Å². The van der Waals surface area contributed by atoms with Crippen LogP contribution in [0.3, 0.4) is 0 Å². The molecular weight excluding hydrogens is 281 g/mol. The van der Waals surface area contributed by atoms with Crippen molar-refractivity contribution in [2.24, 2.45) is 0 Å². The van der Waals surface area contributed by atoms with Crippen LogP contribution in [0.5, 0.6) is 0 Å². The van der Waals surface area contributed by atoms with Gasteiger partial charge in [-0.2, -0.15) is 0 Å². The Morgan fingerprint density at radius 3 is 2.47 bits per heavy atom. The van der Waals surface area contributed by atoms with Gasteiger partial charge in [0, 0.05) is 12.4 Å². The second-order valence-electron chi connectivity index (χ2n) is 3.58. The predicted octanol–water partition coefficient (Wildman–Crippen LogP) is 3.03. The van der Waals surface area contributed by atoms with Gasteiger partial charge in [0.15, 0.2) is 0 Å². The monoisotopic (exact) mass is 295 g/mol. The third-order valence-electron chi connectivity index (χ3n) is 2.23. The van der Waals surface area contributed by atoms with Gasteiger partial charge in [0.25, 0.3) is 0 Å². The van der Waals surface area contributed by atoms with Crippen molar-refractivity contribution in [3.63, 3.8) is 0 Å². The minimum atomic E-state index is -3.49. The van der Waals surface area contributed by atoms with Crippen LogP contribution in [0.15, 0.2) is 29.2 Å². The number of hydrogen-bond acceptors (Lipinski definition) is 2. The molecule has 0 amide bonds. The lowest BCUT2D eigenvalue weighted by atomic mass is 10.2. The minimum absolute atomic E-state index is 0.124. The molecule has 0 atom stereocenters. The Labute approximate surface area is 112 Å². The van der Waals surface area contributed by atoms with E-state index in [0.717, 1.165) is 19.3 Å². The fourth-order valence-electron chi connectivity index (χ4n) is 1.34. The predicted molar refractivity (Wildman–Crippen MR) is 71.2 cm³/mol. The molecule has 0 aliphatic heterocycles. The molecule has 0 fully saturated rings. The molecule has 0 bridgehead atoms. The van der Waals surface area contributed by atoms with Crippen molar-refractivity contribution in [3.8, 4) is 0 Å². The van der Waals surface area contributed by atoms with Crippen molar-refractivity contribution in [2.75, 3.05) is 12.4 Å². The van der Waals surface area contributed by atoms with E-state index in [2.05, 4.69) is 4.72 Å². The van der Waals surface area contributed by atoms with E-state index in [1.807, 2.05) is 0 Å². The smallest absolute Gasteiger partial charge is 0.211 e. The van der Waals surface area contributed by atoms with Gasteiger partial charge in [-0.3, -0.25) is 0 Å². The molecule has 1 aromatic rings. The Morgan fingerprint density at radius 2 is 1.82 bits per heavy atom. The summed E-state index contributed by atoms with van der Waals surface area (Å²) in [5.41, 5.74) is 0. The number of sulfonamides is 1. The molecule has 0 aromatic heterocycles. The summed E-state index contributed by atoms with van der Waals surface area (Å²) >= 11 is 11.4. The van der Waals surface area contributed by atoms with E-state index in [1.54, 1.807) is 18.2 Å². The Kier molecular flexibility index (Phi) is 6.27. The zero-order chi connectivity index (χ0) is 12.7. The first-order valence-corrected chi connectivity index (χ1v) is 7.77. The SMILES string of the molecule is O=S(=O)(NCCCCCCl)c1ccccc1Cl. The summed E-state index contributed by atoms with van der Waals surface area (Å²) in [6, 6.07) is 6.39. The number of halogens is 2. The van der Waals surface area contributed by atoms with Gasteiger partial charge in [0.1, 0.15) is 4.90 Å². The minimum Gasteiger partial charge on any atom is -0.211 e. The van der Waals surface area contributed by atoms with E-state index in [1.165, 1.54) is 6.07 Å². The number of alkyl halides is 1. The molecule has 3 nitrogen and oxygen atoms in total. The molecule has 0 saturated heterocycles. The Balaban J connectivity index is 2.55. The van der Waals surface area contributed by atoms with Crippen LogP contribution in [-0.2, 0) is 10.0 Å². The summed E-state index contributed by atoms with van der Waals surface area (Å²) in [6.45, 7) is 0.407. The van der Waals surface area contributed by atoms with Crippen LogP contribution in [0.4, 0.5) is 0 Å².